The van der Waals surface area contributed by atoms with E-state index in [9.17, 15) is 43.2 Å². The molecule has 2 unspecified atom stereocenters. The summed E-state index contributed by atoms with van der Waals surface area (Å²) in [4.78, 5) is 72.8. The van der Waals surface area contributed by atoms with E-state index in [1.54, 1.807) is 0 Å². The lowest BCUT2D eigenvalue weighted by molar-refractivity contribution is -0.161. The highest BCUT2D eigenvalue weighted by molar-refractivity contribution is 7.47. The Balaban J connectivity index is 5.22. The molecule has 19 heteroatoms. The Morgan fingerprint density at radius 3 is 0.716 bits per heavy atom. The Labute approximate surface area is 581 Å². The third-order valence-electron chi connectivity index (χ3n) is 17.6. The van der Waals surface area contributed by atoms with Gasteiger partial charge < -0.3 is 33.8 Å². The number of unbranched alkanes of at least 4 members (excludes halogenated alkanes) is 42. The number of hydrogen-bond donors (Lipinski definition) is 3. The molecule has 0 aliphatic rings. The number of ether oxygens (including phenoxy) is 4. The molecular formula is C76H148O17P2. The van der Waals surface area contributed by atoms with Crippen LogP contribution in [0.15, 0.2) is 0 Å². The number of rotatable bonds is 74. The van der Waals surface area contributed by atoms with E-state index in [0.29, 0.717) is 25.7 Å². The molecule has 0 rings (SSSR count). The molecule has 0 aliphatic carbocycles. The van der Waals surface area contributed by atoms with Crippen molar-refractivity contribution in [2.24, 2.45) is 17.8 Å². The smallest absolute Gasteiger partial charge is 0.462 e. The summed E-state index contributed by atoms with van der Waals surface area (Å²) in [6.07, 6.45) is 52.7. The van der Waals surface area contributed by atoms with Crippen molar-refractivity contribution in [3.05, 3.63) is 0 Å². The van der Waals surface area contributed by atoms with Crippen molar-refractivity contribution in [1.29, 1.82) is 0 Å². The van der Waals surface area contributed by atoms with Crippen LogP contribution in [-0.4, -0.2) is 96.7 Å². The van der Waals surface area contributed by atoms with Crippen LogP contribution in [0.1, 0.15) is 389 Å². The van der Waals surface area contributed by atoms with Crippen LogP contribution in [0, 0.1) is 17.8 Å². The van der Waals surface area contributed by atoms with Gasteiger partial charge in [0.05, 0.1) is 26.4 Å². The minimum absolute atomic E-state index is 0.105. The van der Waals surface area contributed by atoms with E-state index in [1.165, 1.54) is 199 Å². The summed E-state index contributed by atoms with van der Waals surface area (Å²) < 4.78 is 68.5. The molecule has 95 heavy (non-hydrogen) atoms. The number of aliphatic hydroxyl groups is 1. The largest absolute Gasteiger partial charge is 0.472 e. The Hall–Kier alpha value is -1.94. The maximum absolute atomic E-state index is 13.1. The first-order valence-corrected chi connectivity index (χ1v) is 42.3. The van der Waals surface area contributed by atoms with Crippen LogP contribution in [0.5, 0.6) is 0 Å². The monoisotopic (exact) mass is 1400 g/mol. The molecule has 0 spiro atoms. The van der Waals surface area contributed by atoms with Crippen molar-refractivity contribution in [3.8, 4) is 0 Å². The van der Waals surface area contributed by atoms with Gasteiger partial charge in [-0.25, -0.2) is 9.13 Å². The average Bonchev–Trinajstić information content (AvgIpc) is 1.29. The van der Waals surface area contributed by atoms with Gasteiger partial charge in [-0.3, -0.25) is 37.3 Å². The van der Waals surface area contributed by atoms with Gasteiger partial charge in [-0.15, -0.1) is 0 Å². The first-order valence-electron chi connectivity index (χ1n) is 39.3. The minimum Gasteiger partial charge on any atom is -0.462 e. The van der Waals surface area contributed by atoms with Gasteiger partial charge in [0.1, 0.15) is 19.3 Å². The summed E-state index contributed by atoms with van der Waals surface area (Å²) in [6.45, 7) is 11.9. The van der Waals surface area contributed by atoms with Gasteiger partial charge in [0, 0.05) is 25.7 Å². The number of carbonyl (C=O) groups is 4. The van der Waals surface area contributed by atoms with Gasteiger partial charge in [0.2, 0.25) is 0 Å². The number of esters is 4. The molecule has 0 heterocycles. The fraction of sp³-hybridized carbons (Fsp3) is 0.947. The lowest BCUT2D eigenvalue weighted by atomic mass is 10.0. The first-order chi connectivity index (χ1) is 45.7. The Kier molecular flexibility index (Phi) is 65.2. The number of hydrogen-bond acceptors (Lipinski definition) is 15. The summed E-state index contributed by atoms with van der Waals surface area (Å²) >= 11 is 0. The van der Waals surface area contributed by atoms with E-state index >= 15 is 0 Å². The molecular weight excluding hydrogens is 1250 g/mol. The van der Waals surface area contributed by atoms with Crippen molar-refractivity contribution in [2.75, 3.05) is 39.6 Å². The predicted octanol–water partition coefficient (Wildman–Crippen LogP) is 22.2. The van der Waals surface area contributed by atoms with Crippen LogP contribution in [0.25, 0.3) is 0 Å². The summed E-state index contributed by atoms with van der Waals surface area (Å²) in [5.74, 6) is 0.209. The van der Waals surface area contributed by atoms with Gasteiger partial charge in [0.25, 0.3) is 0 Å². The lowest BCUT2D eigenvalue weighted by Crippen LogP contribution is -2.30. The second-order valence-electron chi connectivity index (χ2n) is 28.8. The molecule has 0 saturated heterocycles. The number of aliphatic hydroxyl groups excluding tert-OH is 1. The molecule has 0 aromatic heterocycles. The highest BCUT2D eigenvalue weighted by Gasteiger charge is 2.30. The normalized spacial score (nSPS) is 14.1. The molecule has 0 amide bonds. The first kappa shape index (κ1) is 93.1. The molecule has 0 saturated carbocycles. The number of phosphoric acid groups is 2. The van der Waals surface area contributed by atoms with Crippen LogP contribution in [-0.2, 0) is 65.4 Å². The van der Waals surface area contributed by atoms with E-state index in [1.807, 2.05) is 0 Å². The Morgan fingerprint density at radius 2 is 0.484 bits per heavy atom. The van der Waals surface area contributed by atoms with E-state index < -0.39 is 97.5 Å². The third kappa shape index (κ3) is 70.3. The van der Waals surface area contributed by atoms with Gasteiger partial charge in [-0.05, 0) is 43.4 Å². The molecule has 0 aromatic carbocycles. The van der Waals surface area contributed by atoms with Crippen LogP contribution in [0.2, 0.25) is 0 Å². The van der Waals surface area contributed by atoms with Crippen molar-refractivity contribution in [3.63, 3.8) is 0 Å². The molecule has 3 N–H and O–H groups in total. The van der Waals surface area contributed by atoms with E-state index in [4.69, 9.17) is 37.0 Å². The van der Waals surface area contributed by atoms with Crippen molar-refractivity contribution in [2.45, 2.75) is 407 Å². The zero-order valence-corrected chi connectivity index (χ0v) is 63.9. The molecule has 0 aromatic rings. The average molecular weight is 1400 g/mol. The summed E-state index contributed by atoms with van der Waals surface area (Å²) in [5.41, 5.74) is 0. The highest BCUT2D eigenvalue weighted by atomic mass is 31.2. The second-order valence-corrected chi connectivity index (χ2v) is 31.7. The number of phosphoric ester groups is 2. The molecule has 5 atom stereocenters. The van der Waals surface area contributed by atoms with Crippen LogP contribution in [0.4, 0.5) is 0 Å². The SMILES string of the molecule is CCCCCCCCCCCC(=O)OC[C@H](COP(=O)(O)OC[C@H](O)COP(=O)(O)OC[C@@H](COC(=O)CCCCCCCCCCCCCCC(C)C)OC(=O)CCCCCCCCCCCCCCCCCCC(C)C)OC(=O)CCCCCCCCCCCC(C)C. The Bertz CT molecular complexity index is 1850. The summed E-state index contributed by atoms with van der Waals surface area (Å²) in [6, 6.07) is 0. The van der Waals surface area contributed by atoms with Crippen LogP contribution in [0.3, 0.4) is 0 Å². The fourth-order valence-electron chi connectivity index (χ4n) is 11.6. The highest BCUT2D eigenvalue weighted by Crippen LogP contribution is 2.45. The van der Waals surface area contributed by atoms with Gasteiger partial charge in [0.15, 0.2) is 12.2 Å². The maximum Gasteiger partial charge on any atom is 0.472 e. The summed E-state index contributed by atoms with van der Waals surface area (Å²) in [5, 5.41) is 10.6. The quantitative estimate of drug-likeness (QED) is 0.0222. The van der Waals surface area contributed by atoms with E-state index in [-0.39, 0.29) is 25.7 Å². The second kappa shape index (κ2) is 66.6. The van der Waals surface area contributed by atoms with Gasteiger partial charge in [-0.1, -0.05) is 337 Å². The number of carbonyl (C=O) groups excluding carboxylic acids is 4. The van der Waals surface area contributed by atoms with Crippen LogP contribution < -0.4 is 0 Å². The topological polar surface area (TPSA) is 237 Å². The van der Waals surface area contributed by atoms with E-state index in [0.717, 1.165) is 108 Å². The third-order valence-corrected chi connectivity index (χ3v) is 19.5. The van der Waals surface area contributed by atoms with Crippen molar-refractivity contribution in [1.82, 2.24) is 0 Å². The molecule has 564 valence electrons. The molecule has 0 bridgehead atoms. The Morgan fingerprint density at radius 1 is 0.284 bits per heavy atom. The van der Waals surface area contributed by atoms with Gasteiger partial charge in [-0.2, -0.15) is 0 Å². The maximum atomic E-state index is 13.1. The molecule has 0 fully saturated rings. The lowest BCUT2D eigenvalue weighted by Gasteiger charge is -2.21. The zero-order chi connectivity index (χ0) is 70.1. The molecule has 17 nitrogen and oxygen atoms in total. The minimum atomic E-state index is -4.96. The summed E-state index contributed by atoms with van der Waals surface area (Å²) in [7, 11) is -9.91. The zero-order valence-electron chi connectivity index (χ0n) is 62.1. The fourth-order valence-corrected chi connectivity index (χ4v) is 13.2. The van der Waals surface area contributed by atoms with Crippen LogP contribution >= 0.6 is 15.6 Å². The van der Waals surface area contributed by atoms with Gasteiger partial charge >= 0.3 is 39.5 Å². The standard InChI is InChI=1S/C76H148O17P2/c1-8-9-10-11-12-26-36-43-50-57-73(78)86-63-71(93-76(81)60-53-46-39-32-25-29-35-42-49-56-69(6)7)65-90-94(82,83)88-61-70(77)62-89-95(84,85)91-66-72(64-87-74(79)58-51-44-37-30-23-20-19-22-28-34-41-48-55-68(4)5)92-75(80)59-52-45-38-31-24-18-16-14-13-15-17-21-27-33-40-47-54-67(2)3/h67-72,77H,8-66H2,1-7H3,(H,82,83)(H,84,85)/t70-,71+,72+/m0/s1. The van der Waals surface area contributed by atoms with E-state index in [2.05, 4.69) is 48.5 Å². The van der Waals surface area contributed by atoms with Crippen molar-refractivity contribution < 1.29 is 80.2 Å². The molecule has 0 radical (unpaired) electrons. The predicted molar refractivity (Wildman–Crippen MR) is 386 cm³/mol. The molecule has 0 aliphatic heterocycles. The van der Waals surface area contributed by atoms with Crippen molar-refractivity contribution >= 4 is 39.5 Å².